The highest BCUT2D eigenvalue weighted by atomic mass is 32.2. The zero-order valence-electron chi connectivity index (χ0n) is 11.1. The van der Waals surface area contributed by atoms with E-state index in [4.69, 9.17) is 5.11 Å². The van der Waals surface area contributed by atoms with Crippen LogP contribution in [0.2, 0.25) is 0 Å². The number of aromatic amines is 1. The van der Waals surface area contributed by atoms with Gasteiger partial charge in [0.25, 0.3) is 10.0 Å². The predicted molar refractivity (Wildman–Crippen MR) is 72.2 cm³/mol. The number of carbonyl (C=O) groups is 1. The number of aryl methyl sites for hydroxylation is 1. The van der Waals surface area contributed by atoms with Crippen LogP contribution in [-0.4, -0.2) is 29.7 Å². The first-order valence-electron chi connectivity index (χ1n) is 5.79. The third-order valence-electron chi connectivity index (χ3n) is 2.95. The van der Waals surface area contributed by atoms with Gasteiger partial charge in [0.15, 0.2) is 5.82 Å². The zero-order chi connectivity index (χ0) is 15.8. The number of hydrogen-bond donors (Lipinski definition) is 3. The molecule has 21 heavy (non-hydrogen) atoms. The molecule has 0 aliphatic carbocycles. The van der Waals surface area contributed by atoms with Crippen molar-refractivity contribution in [3.63, 3.8) is 0 Å². The van der Waals surface area contributed by atoms with Gasteiger partial charge in [0.2, 0.25) is 0 Å². The van der Waals surface area contributed by atoms with E-state index >= 15 is 0 Å². The maximum absolute atomic E-state index is 13.7. The minimum Gasteiger partial charge on any atom is -0.478 e. The van der Waals surface area contributed by atoms with Crippen molar-refractivity contribution in [1.82, 2.24) is 10.2 Å². The molecule has 0 fully saturated rings. The molecule has 0 saturated heterocycles. The summed E-state index contributed by atoms with van der Waals surface area (Å²) in [4.78, 5) is 10.1. The highest BCUT2D eigenvalue weighted by molar-refractivity contribution is 7.92. The molecule has 0 bridgehead atoms. The number of H-pyrrole nitrogens is 1. The van der Waals surface area contributed by atoms with Gasteiger partial charge in [0.05, 0.1) is 5.56 Å². The fourth-order valence-corrected chi connectivity index (χ4v) is 2.78. The molecule has 9 heteroatoms. The van der Waals surface area contributed by atoms with E-state index in [-0.39, 0.29) is 11.4 Å². The van der Waals surface area contributed by atoms with E-state index in [1.54, 1.807) is 13.8 Å². The van der Waals surface area contributed by atoms with Gasteiger partial charge in [-0.2, -0.15) is 5.10 Å². The number of anilines is 1. The molecular weight excluding hydrogens is 301 g/mol. The Labute approximate surface area is 119 Å². The van der Waals surface area contributed by atoms with Crippen molar-refractivity contribution in [2.24, 2.45) is 0 Å². The predicted octanol–water partition coefficient (Wildman–Crippen LogP) is 1.66. The van der Waals surface area contributed by atoms with E-state index < -0.39 is 26.7 Å². The third kappa shape index (κ3) is 2.87. The van der Waals surface area contributed by atoms with E-state index in [0.29, 0.717) is 11.3 Å². The van der Waals surface area contributed by atoms with Crippen LogP contribution in [-0.2, 0) is 10.0 Å². The van der Waals surface area contributed by atoms with Crippen LogP contribution in [0, 0.1) is 19.7 Å². The fourth-order valence-electron chi connectivity index (χ4n) is 1.61. The molecule has 1 heterocycles. The minimum atomic E-state index is -4.28. The second-order valence-electron chi connectivity index (χ2n) is 4.38. The Kier molecular flexibility index (Phi) is 3.69. The van der Waals surface area contributed by atoms with Gasteiger partial charge < -0.3 is 5.11 Å². The van der Waals surface area contributed by atoms with Crippen LogP contribution in [0.3, 0.4) is 0 Å². The highest BCUT2D eigenvalue weighted by Gasteiger charge is 2.23. The SMILES string of the molecule is Cc1[nH]nc(NS(=O)(=O)c2cc(C(=O)O)ccc2F)c1C. The first-order chi connectivity index (χ1) is 9.72. The summed E-state index contributed by atoms with van der Waals surface area (Å²) in [5, 5.41) is 15.2. The van der Waals surface area contributed by atoms with E-state index in [2.05, 4.69) is 14.9 Å². The molecule has 0 aliphatic heterocycles. The normalized spacial score (nSPS) is 11.4. The van der Waals surface area contributed by atoms with Gasteiger partial charge in [0.1, 0.15) is 10.7 Å². The summed E-state index contributed by atoms with van der Waals surface area (Å²) < 4.78 is 40.1. The third-order valence-corrected chi connectivity index (χ3v) is 4.31. The van der Waals surface area contributed by atoms with Crippen LogP contribution < -0.4 is 4.72 Å². The fraction of sp³-hybridized carbons (Fsp3) is 0.167. The Hall–Kier alpha value is -2.42. The van der Waals surface area contributed by atoms with Crippen molar-refractivity contribution in [3.8, 4) is 0 Å². The number of aromatic carboxylic acids is 1. The van der Waals surface area contributed by atoms with Gasteiger partial charge in [-0.3, -0.25) is 9.82 Å². The zero-order valence-corrected chi connectivity index (χ0v) is 12.0. The van der Waals surface area contributed by atoms with Gasteiger partial charge >= 0.3 is 5.97 Å². The molecule has 1 aromatic carbocycles. The second kappa shape index (κ2) is 5.17. The Bertz CT molecular complexity index is 814. The number of sulfonamides is 1. The lowest BCUT2D eigenvalue weighted by molar-refractivity contribution is 0.0696. The number of carboxylic acids is 1. The maximum atomic E-state index is 13.7. The highest BCUT2D eigenvalue weighted by Crippen LogP contribution is 2.22. The van der Waals surface area contributed by atoms with Crippen LogP contribution in [0.15, 0.2) is 23.1 Å². The van der Waals surface area contributed by atoms with E-state index in [9.17, 15) is 17.6 Å². The van der Waals surface area contributed by atoms with Gasteiger partial charge in [-0.15, -0.1) is 0 Å². The van der Waals surface area contributed by atoms with Crippen molar-refractivity contribution < 1.29 is 22.7 Å². The second-order valence-corrected chi connectivity index (χ2v) is 6.03. The van der Waals surface area contributed by atoms with Crippen LogP contribution in [0.25, 0.3) is 0 Å². The number of rotatable bonds is 4. The van der Waals surface area contributed by atoms with Crippen LogP contribution in [0.5, 0.6) is 0 Å². The summed E-state index contributed by atoms with van der Waals surface area (Å²) in [7, 11) is -4.28. The molecule has 7 nitrogen and oxygen atoms in total. The standard InChI is InChI=1S/C12H12FN3O4S/c1-6-7(2)14-15-11(6)16-21(19,20)10-5-8(12(17)18)3-4-9(10)13/h3-5H,1-2H3,(H,17,18)(H2,14,15,16). The summed E-state index contributed by atoms with van der Waals surface area (Å²) in [6.07, 6.45) is 0. The molecule has 0 spiro atoms. The smallest absolute Gasteiger partial charge is 0.335 e. The Morgan fingerprint density at radius 3 is 2.57 bits per heavy atom. The van der Waals surface area contributed by atoms with Crippen molar-refractivity contribution in [2.45, 2.75) is 18.7 Å². The summed E-state index contributed by atoms with van der Waals surface area (Å²) in [5.74, 6) is -2.36. The number of benzene rings is 1. The monoisotopic (exact) mass is 313 g/mol. The van der Waals surface area contributed by atoms with Gasteiger partial charge in [-0.25, -0.2) is 17.6 Å². The molecule has 2 rings (SSSR count). The summed E-state index contributed by atoms with van der Waals surface area (Å²) in [5.41, 5.74) is 0.896. The summed E-state index contributed by atoms with van der Waals surface area (Å²) >= 11 is 0. The minimum absolute atomic E-state index is 0.0348. The molecule has 0 amide bonds. The lowest BCUT2D eigenvalue weighted by Crippen LogP contribution is -2.16. The van der Waals surface area contributed by atoms with Crippen molar-refractivity contribution >= 4 is 21.8 Å². The molecule has 0 atom stereocenters. The molecular formula is C12H12FN3O4S. The number of carboxylic acid groups (broad SMARTS) is 1. The molecule has 2 aromatic rings. The quantitative estimate of drug-likeness (QED) is 0.794. The topological polar surface area (TPSA) is 112 Å². The number of nitrogens with one attached hydrogen (secondary N) is 2. The summed E-state index contributed by atoms with van der Waals surface area (Å²) in [6, 6.07) is 2.54. The molecule has 0 radical (unpaired) electrons. The van der Waals surface area contributed by atoms with Gasteiger partial charge in [-0.05, 0) is 32.0 Å². The lowest BCUT2D eigenvalue weighted by Gasteiger charge is -2.08. The number of hydrogen-bond acceptors (Lipinski definition) is 4. The van der Waals surface area contributed by atoms with Crippen molar-refractivity contribution in [3.05, 3.63) is 40.8 Å². The first kappa shape index (κ1) is 15.0. The first-order valence-corrected chi connectivity index (χ1v) is 7.28. The molecule has 0 saturated carbocycles. The molecule has 0 unspecified atom stereocenters. The van der Waals surface area contributed by atoms with Gasteiger partial charge in [0, 0.05) is 11.3 Å². The lowest BCUT2D eigenvalue weighted by atomic mass is 10.2. The van der Waals surface area contributed by atoms with Crippen molar-refractivity contribution in [2.75, 3.05) is 4.72 Å². The van der Waals surface area contributed by atoms with E-state index in [1.165, 1.54) is 0 Å². The average Bonchev–Trinajstić information content (AvgIpc) is 2.70. The maximum Gasteiger partial charge on any atom is 0.335 e. The van der Waals surface area contributed by atoms with E-state index in [0.717, 1.165) is 18.2 Å². The Morgan fingerprint density at radius 2 is 2.05 bits per heavy atom. The molecule has 3 N–H and O–H groups in total. The van der Waals surface area contributed by atoms with E-state index in [1.807, 2.05) is 0 Å². The number of nitrogens with zero attached hydrogens (tertiary/aromatic N) is 1. The Morgan fingerprint density at radius 1 is 1.38 bits per heavy atom. The number of aromatic nitrogens is 2. The molecule has 1 aromatic heterocycles. The molecule has 112 valence electrons. The average molecular weight is 313 g/mol. The molecule has 0 aliphatic rings. The van der Waals surface area contributed by atoms with Gasteiger partial charge in [-0.1, -0.05) is 0 Å². The van der Waals surface area contributed by atoms with Crippen LogP contribution in [0.4, 0.5) is 10.2 Å². The van der Waals surface area contributed by atoms with Crippen LogP contribution in [0.1, 0.15) is 21.6 Å². The Balaban J connectivity index is 2.47. The number of halogens is 1. The van der Waals surface area contributed by atoms with Crippen molar-refractivity contribution in [1.29, 1.82) is 0 Å². The largest absolute Gasteiger partial charge is 0.478 e. The summed E-state index contributed by atoms with van der Waals surface area (Å²) in [6.45, 7) is 3.34. The van der Waals surface area contributed by atoms with Crippen LogP contribution >= 0.6 is 0 Å².